The SMILES string of the molecule is [Br-].[Br-].[H-].[Na+].[Ni+2]. The average Bonchev–Trinajstić information content (AvgIpc) is 0. The molecule has 0 N–H and O–H groups in total. The molecule has 4 heavy (non-hydrogen) atoms. The van der Waals surface area contributed by atoms with E-state index in [-0.39, 0.29) is 81.4 Å². The minimum Gasteiger partial charge on any atom is -1.00 e. The third kappa shape index (κ3) is 8.82. The van der Waals surface area contributed by atoms with E-state index < -0.39 is 0 Å². The fourth-order valence-corrected chi connectivity index (χ4v) is 0. The summed E-state index contributed by atoms with van der Waals surface area (Å²) in [6.45, 7) is 0. The van der Waals surface area contributed by atoms with Gasteiger partial charge in [-0.25, -0.2) is 0 Å². The van der Waals surface area contributed by atoms with E-state index in [1.807, 2.05) is 0 Å². The Morgan fingerprint density at radius 3 is 1.00 bits per heavy atom. The quantitative estimate of drug-likeness (QED) is 0.370. The third-order valence-corrected chi connectivity index (χ3v) is 0. The van der Waals surface area contributed by atoms with Crippen LogP contribution < -0.4 is 63.5 Å². The third-order valence-electron chi connectivity index (χ3n) is 0. The second-order valence-electron chi connectivity index (χ2n) is 0. The Hall–Kier alpha value is 2.45. The molecule has 0 aromatic rings. The Bertz CT molecular complexity index is 9.61. The molecule has 0 bridgehead atoms. The predicted octanol–water partition coefficient (Wildman–Crippen LogP) is -8.88. The van der Waals surface area contributed by atoms with E-state index in [4.69, 9.17) is 0 Å². The molecule has 26 valence electrons. The molecule has 0 aliphatic rings. The molecule has 0 saturated heterocycles. The molecule has 0 atom stereocenters. The van der Waals surface area contributed by atoms with Crippen LogP contribution in [0.15, 0.2) is 0 Å². The smallest absolute Gasteiger partial charge is 1.00 e. The molecule has 0 unspecified atom stereocenters. The minimum absolute atomic E-state index is 0. The molecule has 0 spiro atoms. The van der Waals surface area contributed by atoms with Crippen molar-refractivity contribution in [1.29, 1.82) is 0 Å². The van der Waals surface area contributed by atoms with Gasteiger partial charge >= 0.3 is 46.0 Å². The summed E-state index contributed by atoms with van der Waals surface area (Å²) in [6.07, 6.45) is 0. The van der Waals surface area contributed by atoms with Gasteiger partial charge in [0.05, 0.1) is 0 Å². The van der Waals surface area contributed by atoms with Crippen molar-refractivity contribution in [2.75, 3.05) is 0 Å². The van der Waals surface area contributed by atoms with Crippen LogP contribution in [0.4, 0.5) is 0 Å². The van der Waals surface area contributed by atoms with Crippen molar-refractivity contribution in [3.05, 3.63) is 0 Å². The summed E-state index contributed by atoms with van der Waals surface area (Å²) in [4.78, 5) is 0. The maximum atomic E-state index is 0. The normalized spacial score (nSPS) is 0. The Morgan fingerprint density at radius 2 is 1.00 bits per heavy atom. The zero-order valence-corrected chi connectivity index (χ0v) is 8.23. The van der Waals surface area contributed by atoms with Crippen LogP contribution in [0.3, 0.4) is 0 Å². The van der Waals surface area contributed by atoms with Crippen molar-refractivity contribution in [1.82, 2.24) is 0 Å². The first kappa shape index (κ1) is 31.9. The fourth-order valence-electron chi connectivity index (χ4n) is 0. The fraction of sp³-hybridized carbons (Fsp3) is 0. The zero-order valence-electron chi connectivity index (χ0n) is 3.07. The maximum absolute atomic E-state index is 0. The molecular weight excluding hydrogens is 241 g/mol. The summed E-state index contributed by atoms with van der Waals surface area (Å²) >= 11 is 0. The van der Waals surface area contributed by atoms with E-state index >= 15 is 0 Å². The first-order valence-electron chi connectivity index (χ1n) is 0. The van der Waals surface area contributed by atoms with Gasteiger partial charge in [-0.2, -0.15) is 0 Å². The summed E-state index contributed by atoms with van der Waals surface area (Å²) < 4.78 is 0. The predicted molar refractivity (Wildman–Crippen MR) is 1.11 cm³/mol. The van der Waals surface area contributed by atoms with Crippen LogP contribution in [0, 0.1) is 0 Å². The van der Waals surface area contributed by atoms with Crippen molar-refractivity contribution >= 4 is 0 Å². The summed E-state index contributed by atoms with van der Waals surface area (Å²) in [6, 6.07) is 0. The number of hydrogen-bond donors (Lipinski definition) is 0. The molecule has 0 aromatic heterocycles. The molecule has 0 saturated carbocycles. The largest absolute Gasteiger partial charge is 2.00 e. The second kappa shape index (κ2) is 18.0. The van der Waals surface area contributed by atoms with Crippen molar-refractivity contribution < 1.29 is 81.4 Å². The number of rotatable bonds is 0. The molecule has 4 heteroatoms. The van der Waals surface area contributed by atoms with Gasteiger partial charge in [0.2, 0.25) is 0 Å². The first-order valence-corrected chi connectivity index (χ1v) is 0. The molecule has 0 aliphatic carbocycles. The van der Waals surface area contributed by atoms with Crippen molar-refractivity contribution in [3.63, 3.8) is 0 Å². The van der Waals surface area contributed by atoms with E-state index in [2.05, 4.69) is 0 Å². The van der Waals surface area contributed by atoms with Crippen LogP contribution in [0.1, 0.15) is 1.43 Å². The average molecular weight is 242 g/mol. The van der Waals surface area contributed by atoms with Gasteiger partial charge in [0.25, 0.3) is 0 Å². The van der Waals surface area contributed by atoms with Crippen LogP contribution in [0.25, 0.3) is 0 Å². The van der Waals surface area contributed by atoms with Crippen LogP contribution in [-0.4, -0.2) is 0 Å². The Balaban J connectivity index is 0. The molecule has 0 rings (SSSR count). The van der Waals surface area contributed by atoms with Crippen LogP contribution in [0.5, 0.6) is 0 Å². The Labute approximate surface area is 80.3 Å². The van der Waals surface area contributed by atoms with Gasteiger partial charge in [0.15, 0.2) is 0 Å². The van der Waals surface area contributed by atoms with Gasteiger partial charge in [-0.15, -0.1) is 0 Å². The van der Waals surface area contributed by atoms with Gasteiger partial charge < -0.3 is 35.4 Å². The second-order valence-corrected chi connectivity index (χ2v) is 0. The van der Waals surface area contributed by atoms with Gasteiger partial charge in [-0.1, -0.05) is 0 Å². The van der Waals surface area contributed by atoms with Crippen molar-refractivity contribution in [2.24, 2.45) is 0 Å². The Kier molecular flexibility index (Phi) is 143. The van der Waals surface area contributed by atoms with Crippen molar-refractivity contribution in [2.45, 2.75) is 0 Å². The van der Waals surface area contributed by atoms with E-state index in [0.29, 0.717) is 0 Å². The molecule has 0 heterocycles. The molecule has 0 radical (unpaired) electrons. The first-order chi connectivity index (χ1) is 0. The standard InChI is InChI=1S/2BrH.Na.Ni.H/h2*1H;;;/q;;+1;+2;-1/p-2. The molecule has 0 aromatic carbocycles. The van der Waals surface area contributed by atoms with E-state index in [1.54, 1.807) is 0 Å². The number of hydrogen-bond acceptors (Lipinski definition) is 0. The maximum Gasteiger partial charge on any atom is 2.00 e. The van der Waals surface area contributed by atoms with Gasteiger partial charge in [0, 0.05) is 0 Å². The molecule has 0 fully saturated rings. The van der Waals surface area contributed by atoms with Crippen molar-refractivity contribution in [3.8, 4) is 0 Å². The summed E-state index contributed by atoms with van der Waals surface area (Å²) in [5, 5.41) is 0. The van der Waals surface area contributed by atoms with Gasteiger partial charge in [0.1, 0.15) is 0 Å². The topological polar surface area (TPSA) is 0 Å². The summed E-state index contributed by atoms with van der Waals surface area (Å²) in [7, 11) is 0. The number of halogens is 2. The molecule has 0 amide bonds. The van der Waals surface area contributed by atoms with E-state index in [9.17, 15) is 0 Å². The summed E-state index contributed by atoms with van der Waals surface area (Å²) in [5.74, 6) is 0. The van der Waals surface area contributed by atoms with E-state index in [0.717, 1.165) is 0 Å². The van der Waals surface area contributed by atoms with Crippen LogP contribution in [0.2, 0.25) is 0 Å². The molecular formula is HBr2NaNi. The molecule has 0 aliphatic heterocycles. The minimum atomic E-state index is 0. The van der Waals surface area contributed by atoms with Gasteiger partial charge in [-0.3, -0.25) is 0 Å². The zero-order chi connectivity index (χ0) is 0. The monoisotopic (exact) mass is 240 g/mol. The van der Waals surface area contributed by atoms with Gasteiger partial charge in [-0.05, 0) is 0 Å². The Morgan fingerprint density at radius 1 is 1.00 bits per heavy atom. The molecule has 0 nitrogen and oxygen atoms in total. The van der Waals surface area contributed by atoms with Crippen LogP contribution in [-0.2, 0) is 16.5 Å². The van der Waals surface area contributed by atoms with Crippen LogP contribution >= 0.6 is 0 Å². The summed E-state index contributed by atoms with van der Waals surface area (Å²) in [5.41, 5.74) is 0. The van der Waals surface area contributed by atoms with E-state index in [1.165, 1.54) is 0 Å².